The normalized spacial score (nSPS) is 15.7. The molecule has 3 aromatic rings. The molecule has 4 rings (SSSR count). The van der Waals surface area contributed by atoms with E-state index in [0.29, 0.717) is 11.3 Å². The molecule has 1 N–H and O–H groups in total. The van der Waals surface area contributed by atoms with Gasteiger partial charge in [-0.15, -0.1) is 0 Å². The Balaban J connectivity index is 0.00000289. The van der Waals surface area contributed by atoms with Gasteiger partial charge in [-0.3, -0.25) is 14.3 Å². The standard InChI is InChI=1S/C22H19F3N4O2.H2S/c1-13-4-3-5-15(10-13)20(30)27-18-11-26-29-14(2)12-28(21(31)19(18)29)17-8-6-16(7-9-17)22(23,24)25;/h3-11,14H,12H2,1-2H3,(H,27,30);1H2/t14-;/m0./s1. The zero-order chi connectivity index (χ0) is 22.3. The van der Waals surface area contributed by atoms with E-state index in [-0.39, 0.29) is 43.4 Å². The summed E-state index contributed by atoms with van der Waals surface area (Å²) in [4.78, 5) is 27.2. The molecule has 10 heteroatoms. The fourth-order valence-corrected chi connectivity index (χ4v) is 3.59. The molecule has 168 valence electrons. The lowest BCUT2D eigenvalue weighted by Crippen LogP contribution is -2.43. The lowest BCUT2D eigenvalue weighted by molar-refractivity contribution is -0.137. The molecule has 2 amide bonds. The number of halogens is 3. The highest BCUT2D eigenvalue weighted by Crippen LogP contribution is 2.33. The van der Waals surface area contributed by atoms with E-state index < -0.39 is 17.6 Å². The average Bonchev–Trinajstić information content (AvgIpc) is 3.14. The maximum absolute atomic E-state index is 13.2. The molecule has 1 aromatic heterocycles. The monoisotopic (exact) mass is 462 g/mol. The molecule has 2 heterocycles. The summed E-state index contributed by atoms with van der Waals surface area (Å²) in [6.45, 7) is 3.95. The number of carbonyl (C=O) groups excluding carboxylic acids is 2. The van der Waals surface area contributed by atoms with Crippen molar-refractivity contribution in [3.8, 4) is 0 Å². The van der Waals surface area contributed by atoms with Crippen LogP contribution in [0.25, 0.3) is 0 Å². The van der Waals surface area contributed by atoms with Crippen LogP contribution in [0.2, 0.25) is 0 Å². The van der Waals surface area contributed by atoms with Crippen molar-refractivity contribution in [3.63, 3.8) is 0 Å². The number of nitrogens with zero attached hydrogens (tertiary/aromatic N) is 3. The molecule has 0 saturated carbocycles. The van der Waals surface area contributed by atoms with Crippen LogP contribution in [0.15, 0.2) is 54.7 Å². The predicted octanol–water partition coefficient (Wildman–Crippen LogP) is 4.80. The van der Waals surface area contributed by atoms with Crippen molar-refractivity contribution < 1.29 is 22.8 Å². The van der Waals surface area contributed by atoms with Crippen molar-refractivity contribution in [2.24, 2.45) is 0 Å². The average molecular weight is 462 g/mol. The van der Waals surface area contributed by atoms with Gasteiger partial charge in [0.2, 0.25) is 0 Å². The lowest BCUT2D eigenvalue weighted by atomic mass is 10.1. The maximum atomic E-state index is 13.2. The summed E-state index contributed by atoms with van der Waals surface area (Å²) < 4.78 is 40.1. The fraction of sp³-hybridized carbons (Fsp3) is 0.227. The third kappa shape index (κ3) is 4.36. The second kappa shape index (κ2) is 8.70. The predicted molar refractivity (Wildman–Crippen MR) is 120 cm³/mol. The molecule has 6 nitrogen and oxygen atoms in total. The Kier molecular flexibility index (Phi) is 6.36. The van der Waals surface area contributed by atoms with Crippen molar-refractivity contribution in [1.29, 1.82) is 0 Å². The first kappa shape index (κ1) is 23.4. The molecule has 1 aliphatic rings. The van der Waals surface area contributed by atoms with Gasteiger partial charge >= 0.3 is 6.18 Å². The van der Waals surface area contributed by atoms with Gasteiger partial charge in [-0.05, 0) is 50.2 Å². The van der Waals surface area contributed by atoms with E-state index in [1.54, 1.807) is 18.2 Å². The van der Waals surface area contributed by atoms with Crippen LogP contribution >= 0.6 is 13.5 Å². The number of nitrogens with one attached hydrogen (secondary N) is 1. The van der Waals surface area contributed by atoms with E-state index in [1.165, 1.54) is 27.9 Å². The highest BCUT2D eigenvalue weighted by atomic mass is 32.1. The minimum absolute atomic E-state index is 0. The SMILES string of the molecule is Cc1cccc(C(=O)Nc2cnn3c2C(=O)N(c2ccc(C(F)(F)F)cc2)C[C@@H]3C)c1.S. The highest BCUT2D eigenvalue weighted by Gasteiger charge is 2.35. The number of amides is 2. The van der Waals surface area contributed by atoms with Crippen LogP contribution in [0.1, 0.15) is 44.9 Å². The maximum Gasteiger partial charge on any atom is 0.416 e. The van der Waals surface area contributed by atoms with E-state index in [1.807, 2.05) is 19.9 Å². The number of aryl methyl sites for hydroxylation is 1. The number of anilines is 2. The van der Waals surface area contributed by atoms with Gasteiger partial charge in [-0.2, -0.15) is 31.8 Å². The van der Waals surface area contributed by atoms with Gasteiger partial charge in [0.15, 0.2) is 5.69 Å². The summed E-state index contributed by atoms with van der Waals surface area (Å²) in [5.41, 5.74) is 1.34. The van der Waals surface area contributed by atoms with Gasteiger partial charge < -0.3 is 10.2 Å². The van der Waals surface area contributed by atoms with Crippen molar-refractivity contribution >= 4 is 36.7 Å². The van der Waals surface area contributed by atoms with Crippen LogP contribution in [0.4, 0.5) is 24.5 Å². The van der Waals surface area contributed by atoms with Gasteiger partial charge in [-0.25, -0.2) is 0 Å². The quantitative estimate of drug-likeness (QED) is 0.608. The number of rotatable bonds is 3. The first-order valence-corrected chi connectivity index (χ1v) is 9.60. The smallest absolute Gasteiger partial charge is 0.319 e. The number of aromatic nitrogens is 2. The van der Waals surface area contributed by atoms with E-state index >= 15 is 0 Å². The Morgan fingerprint density at radius 2 is 1.84 bits per heavy atom. The molecule has 0 bridgehead atoms. The Hall–Kier alpha value is -3.27. The third-order valence-electron chi connectivity index (χ3n) is 5.14. The van der Waals surface area contributed by atoms with Crippen LogP contribution in [0, 0.1) is 6.92 Å². The van der Waals surface area contributed by atoms with E-state index in [2.05, 4.69) is 10.4 Å². The molecule has 32 heavy (non-hydrogen) atoms. The zero-order valence-electron chi connectivity index (χ0n) is 17.3. The van der Waals surface area contributed by atoms with Gasteiger partial charge in [0.1, 0.15) is 0 Å². The highest BCUT2D eigenvalue weighted by molar-refractivity contribution is 7.59. The molecule has 0 fully saturated rings. The van der Waals surface area contributed by atoms with Crippen molar-refractivity contribution in [1.82, 2.24) is 9.78 Å². The minimum atomic E-state index is -4.45. The Bertz CT molecular complexity index is 1160. The van der Waals surface area contributed by atoms with E-state index in [0.717, 1.165) is 17.7 Å². The summed E-state index contributed by atoms with van der Waals surface area (Å²) in [5, 5.41) is 6.96. The molecule has 1 aliphatic heterocycles. The molecule has 0 saturated heterocycles. The zero-order valence-corrected chi connectivity index (χ0v) is 18.3. The Morgan fingerprint density at radius 3 is 2.47 bits per heavy atom. The van der Waals surface area contributed by atoms with Crippen LogP contribution in [-0.2, 0) is 6.18 Å². The first-order valence-electron chi connectivity index (χ1n) is 9.60. The lowest BCUT2D eigenvalue weighted by Gasteiger charge is -2.32. The summed E-state index contributed by atoms with van der Waals surface area (Å²) in [7, 11) is 0. The Morgan fingerprint density at radius 1 is 1.16 bits per heavy atom. The number of alkyl halides is 3. The topological polar surface area (TPSA) is 67.2 Å². The number of benzene rings is 2. The number of hydrogen-bond acceptors (Lipinski definition) is 3. The van der Waals surface area contributed by atoms with Crippen LogP contribution in [0.5, 0.6) is 0 Å². The van der Waals surface area contributed by atoms with Gasteiger partial charge in [0.05, 0.1) is 23.5 Å². The van der Waals surface area contributed by atoms with Crippen molar-refractivity contribution in [2.75, 3.05) is 16.8 Å². The number of carbonyl (C=O) groups is 2. The number of hydrogen-bond donors (Lipinski definition) is 1. The van der Waals surface area contributed by atoms with Gasteiger partial charge in [0.25, 0.3) is 11.8 Å². The van der Waals surface area contributed by atoms with Crippen LogP contribution in [-0.4, -0.2) is 28.1 Å². The molecule has 0 radical (unpaired) electrons. The largest absolute Gasteiger partial charge is 0.416 e. The Labute approximate surface area is 189 Å². The second-order valence-corrected chi connectivity index (χ2v) is 7.48. The van der Waals surface area contributed by atoms with E-state index in [9.17, 15) is 22.8 Å². The molecule has 1 atom stereocenters. The molecule has 2 aromatic carbocycles. The summed E-state index contributed by atoms with van der Waals surface area (Å²) >= 11 is 0. The molecule has 0 unspecified atom stereocenters. The fourth-order valence-electron chi connectivity index (χ4n) is 3.59. The first-order chi connectivity index (χ1) is 14.6. The molecular weight excluding hydrogens is 441 g/mol. The molecular formula is C22H21F3N4O2S. The second-order valence-electron chi connectivity index (χ2n) is 7.48. The van der Waals surface area contributed by atoms with Crippen LogP contribution < -0.4 is 10.2 Å². The summed E-state index contributed by atoms with van der Waals surface area (Å²) in [6, 6.07) is 11.2. The van der Waals surface area contributed by atoms with Crippen molar-refractivity contribution in [3.05, 3.63) is 77.1 Å². The molecule has 0 spiro atoms. The van der Waals surface area contributed by atoms with Crippen molar-refractivity contribution in [2.45, 2.75) is 26.1 Å². The third-order valence-corrected chi connectivity index (χ3v) is 5.14. The molecule has 0 aliphatic carbocycles. The van der Waals surface area contributed by atoms with E-state index in [4.69, 9.17) is 0 Å². The van der Waals surface area contributed by atoms with Gasteiger partial charge in [-0.1, -0.05) is 17.7 Å². The summed E-state index contributed by atoms with van der Waals surface area (Å²) in [6.07, 6.45) is -3.04. The summed E-state index contributed by atoms with van der Waals surface area (Å²) in [5.74, 6) is -0.832. The van der Waals surface area contributed by atoms with Gasteiger partial charge in [0, 0.05) is 17.8 Å². The number of fused-ring (bicyclic) bond motifs is 1. The minimum Gasteiger partial charge on any atom is -0.319 e. The van der Waals surface area contributed by atoms with Crippen LogP contribution in [0.3, 0.4) is 0 Å².